The van der Waals surface area contributed by atoms with Crippen molar-refractivity contribution in [2.75, 3.05) is 0 Å². The van der Waals surface area contributed by atoms with E-state index in [1.807, 2.05) is 4.57 Å². The summed E-state index contributed by atoms with van der Waals surface area (Å²) in [6.07, 6.45) is 6.49. The quantitative estimate of drug-likeness (QED) is 0.395. The molecule has 0 saturated carbocycles. The zero-order chi connectivity index (χ0) is 20.4. The van der Waals surface area contributed by atoms with Gasteiger partial charge in [-0.3, -0.25) is 14.9 Å². The number of imidazole rings is 1. The zero-order valence-electron chi connectivity index (χ0n) is 15.0. The SMILES string of the molecule is O=C1NC=C(C(=O)c2ccc(-n3ccnc3)cc2)C(c2ccc([N+](=O)[O-])cc2)N1. The number of hydrogen-bond donors (Lipinski definition) is 2. The molecule has 2 heterocycles. The second-order valence-corrected chi connectivity index (χ2v) is 6.35. The van der Waals surface area contributed by atoms with Gasteiger partial charge in [0.25, 0.3) is 5.69 Å². The molecule has 2 N–H and O–H groups in total. The van der Waals surface area contributed by atoms with Gasteiger partial charge in [-0.05, 0) is 42.0 Å². The van der Waals surface area contributed by atoms with Crippen molar-refractivity contribution in [3.05, 3.63) is 100 Å². The number of amides is 2. The first-order chi connectivity index (χ1) is 14.0. The summed E-state index contributed by atoms with van der Waals surface area (Å²) in [4.78, 5) is 39.2. The van der Waals surface area contributed by atoms with Gasteiger partial charge >= 0.3 is 6.03 Å². The fraction of sp³-hybridized carbons (Fsp3) is 0.0500. The van der Waals surface area contributed by atoms with E-state index in [0.29, 0.717) is 16.7 Å². The number of carbonyl (C=O) groups is 2. The average Bonchev–Trinajstić information content (AvgIpc) is 3.28. The Morgan fingerprint density at radius 2 is 1.83 bits per heavy atom. The largest absolute Gasteiger partial charge is 0.327 e. The third-order valence-corrected chi connectivity index (χ3v) is 4.58. The molecule has 9 nitrogen and oxygen atoms in total. The summed E-state index contributed by atoms with van der Waals surface area (Å²) in [5.41, 5.74) is 2.13. The molecule has 4 rings (SSSR count). The molecule has 144 valence electrons. The number of hydrogen-bond acceptors (Lipinski definition) is 5. The number of urea groups is 1. The minimum Gasteiger partial charge on any atom is -0.327 e. The molecule has 1 aliphatic rings. The molecule has 1 aliphatic heterocycles. The van der Waals surface area contributed by atoms with Crippen molar-refractivity contribution in [1.82, 2.24) is 20.2 Å². The standard InChI is InChI=1S/C20H15N5O4/c26-19(14-3-5-15(6-4-14)24-10-9-21-12-24)17-11-22-20(27)23-18(17)13-1-7-16(8-2-13)25(28)29/h1-12,18H,(H2,22,23,27). The number of nitrogens with one attached hydrogen (secondary N) is 2. The van der Waals surface area contributed by atoms with Crippen molar-refractivity contribution in [3.63, 3.8) is 0 Å². The molecular formula is C20H15N5O4. The van der Waals surface area contributed by atoms with E-state index in [1.54, 1.807) is 43.0 Å². The number of aromatic nitrogens is 2. The van der Waals surface area contributed by atoms with E-state index in [2.05, 4.69) is 15.6 Å². The molecule has 1 aromatic heterocycles. The summed E-state index contributed by atoms with van der Waals surface area (Å²) >= 11 is 0. The number of non-ortho nitro benzene ring substituents is 1. The summed E-state index contributed by atoms with van der Waals surface area (Å²) in [6.45, 7) is 0. The highest BCUT2D eigenvalue weighted by molar-refractivity contribution is 6.10. The fourth-order valence-electron chi connectivity index (χ4n) is 3.09. The molecule has 0 fully saturated rings. The summed E-state index contributed by atoms with van der Waals surface area (Å²) in [6, 6.07) is 11.5. The van der Waals surface area contributed by atoms with Gasteiger partial charge in [0.05, 0.1) is 17.3 Å². The van der Waals surface area contributed by atoms with Gasteiger partial charge in [-0.2, -0.15) is 0 Å². The summed E-state index contributed by atoms with van der Waals surface area (Å²) in [5.74, 6) is -0.266. The molecule has 3 aromatic rings. The Balaban J connectivity index is 1.63. The molecule has 0 saturated heterocycles. The van der Waals surface area contributed by atoms with Crippen LogP contribution < -0.4 is 10.6 Å². The lowest BCUT2D eigenvalue weighted by molar-refractivity contribution is -0.384. The summed E-state index contributed by atoms with van der Waals surface area (Å²) in [5, 5.41) is 16.1. The molecule has 0 aliphatic carbocycles. The van der Waals surface area contributed by atoms with E-state index < -0.39 is 17.0 Å². The van der Waals surface area contributed by atoms with Crippen LogP contribution in [0.15, 0.2) is 79.0 Å². The fourth-order valence-corrected chi connectivity index (χ4v) is 3.09. The van der Waals surface area contributed by atoms with Gasteiger partial charge in [-0.1, -0.05) is 0 Å². The van der Waals surface area contributed by atoms with Crippen LogP contribution in [0.5, 0.6) is 0 Å². The van der Waals surface area contributed by atoms with Crippen LogP contribution in [0.25, 0.3) is 5.69 Å². The third kappa shape index (κ3) is 3.61. The Hall–Kier alpha value is -4.27. The van der Waals surface area contributed by atoms with Gasteiger partial charge in [0.1, 0.15) is 0 Å². The van der Waals surface area contributed by atoms with E-state index in [-0.39, 0.29) is 11.5 Å². The molecule has 1 unspecified atom stereocenters. The topological polar surface area (TPSA) is 119 Å². The average molecular weight is 389 g/mol. The van der Waals surface area contributed by atoms with Crippen molar-refractivity contribution < 1.29 is 14.5 Å². The predicted molar refractivity (Wildman–Crippen MR) is 103 cm³/mol. The molecule has 2 amide bonds. The highest BCUT2D eigenvalue weighted by Gasteiger charge is 2.29. The number of nitrogens with zero attached hydrogens (tertiary/aromatic N) is 3. The lowest BCUT2D eigenvalue weighted by Gasteiger charge is -2.25. The molecule has 0 radical (unpaired) electrons. The van der Waals surface area contributed by atoms with Crippen molar-refractivity contribution in [3.8, 4) is 5.69 Å². The second-order valence-electron chi connectivity index (χ2n) is 6.35. The minimum absolute atomic E-state index is 0.0686. The first-order valence-electron chi connectivity index (χ1n) is 8.67. The molecule has 29 heavy (non-hydrogen) atoms. The van der Waals surface area contributed by atoms with Gasteiger partial charge in [-0.25, -0.2) is 9.78 Å². The van der Waals surface area contributed by atoms with Crippen molar-refractivity contribution in [1.29, 1.82) is 0 Å². The number of rotatable bonds is 5. The van der Waals surface area contributed by atoms with Crippen LogP contribution >= 0.6 is 0 Å². The Labute approximate surface area is 164 Å². The number of carbonyl (C=O) groups excluding carboxylic acids is 2. The monoisotopic (exact) mass is 389 g/mol. The lowest BCUT2D eigenvalue weighted by Crippen LogP contribution is -2.42. The number of ketones is 1. The number of nitro groups is 1. The van der Waals surface area contributed by atoms with Gasteiger partial charge in [0.2, 0.25) is 0 Å². The first kappa shape index (κ1) is 18.1. The smallest absolute Gasteiger partial charge is 0.319 e. The van der Waals surface area contributed by atoms with Crippen LogP contribution in [-0.2, 0) is 0 Å². The summed E-state index contributed by atoms with van der Waals surface area (Å²) < 4.78 is 1.82. The van der Waals surface area contributed by atoms with Gasteiger partial charge in [0, 0.05) is 47.6 Å². The Morgan fingerprint density at radius 1 is 1.10 bits per heavy atom. The van der Waals surface area contributed by atoms with Crippen LogP contribution in [0.4, 0.5) is 10.5 Å². The number of benzene rings is 2. The van der Waals surface area contributed by atoms with Crippen molar-refractivity contribution in [2.24, 2.45) is 0 Å². The highest BCUT2D eigenvalue weighted by atomic mass is 16.6. The molecule has 0 spiro atoms. The maximum atomic E-state index is 13.1. The maximum absolute atomic E-state index is 13.1. The van der Waals surface area contributed by atoms with Crippen LogP contribution in [0.1, 0.15) is 22.0 Å². The zero-order valence-corrected chi connectivity index (χ0v) is 15.0. The number of Topliss-reactive ketones (excluding diaryl/α,β-unsaturated/α-hetero) is 1. The van der Waals surface area contributed by atoms with Crippen LogP contribution in [0.3, 0.4) is 0 Å². The van der Waals surface area contributed by atoms with Crippen LogP contribution in [0, 0.1) is 10.1 Å². The maximum Gasteiger partial charge on any atom is 0.319 e. The molecule has 9 heteroatoms. The van der Waals surface area contributed by atoms with Gasteiger partial charge < -0.3 is 15.2 Å². The molecular weight excluding hydrogens is 374 g/mol. The second kappa shape index (κ2) is 7.39. The molecule has 0 bridgehead atoms. The molecule has 1 atom stereocenters. The minimum atomic E-state index is -0.717. The predicted octanol–water partition coefficient (Wildman–Crippen LogP) is 2.90. The highest BCUT2D eigenvalue weighted by Crippen LogP contribution is 2.28. The Kier molecular flexibility index (Phi) is 4.62. The van der Waals surface area contributed by atoms with E-state index >= 15 is 0 Å². The van der Waals surface area contributed by atoms with Gasteiger partial charge in [0.15, 0.2) is 5.78 Å². The lowest BCUT2D eigenvalue weighted by atomic mass is 9.92. The van der Waals surface area contributed by atoms with E-state index in [1.165, 1.54) is 30.5 Å². The van der Waals surface area contributed by atoms with E-state index in [4.69, 9.17) is 0 Å². The first-order valence-corrected chi connectivity index (χ1v) is 8.67. The van der Waals surface area contributed by atoms with E-state index in [9.17, 15) is 19.7 Å². The Morgan fingerprint density at radius 3 is 2.45 bits per heavy atom. The summed E-state index contributed by atoms with van der Waals surface area (Å²) in [7, 11) is 0. The van der Waals surface area contributed by atoms with Crippen molar-refractivity contribution >= 4 is 17.5 Å². The molecule has 2 aromatic carbocycles. The van der Waals surface area contributed by atoms with E-state index in [0.717, 1.165) is 5.69 Å². The van der Waals surface area contributed by atoms with Gasteiger partial charge in [-0.15, -0.1) is 0 Å². The van der Waals surface area contributed by atoms with Crippen LogP contribution in [0.2, 0.25) is 0 Å². The third-order valence-electron chi connectivity index (χ3n) is 4.58. The van der Waals surface area contributed by atoms with Crippen LogP contribution in [-0.4, -0.2) is 26.3 Å². The van der Waals surface area contributed by atoms with Crippen molar-refractivity contribution in [2.45, 2.75) is 6.04 Å². The Bertz CT molecular complexity index is 1100. The normalized spacial score (nSPS) is 15.8. The number of nitro benzene ring substituents is 1.